The largest absolute Gasteiger partial charge is 0.382 e. The number of hydrogen-bond donors (Lipinski definition) is 1. The van der Waals surface area contributed by atoms with Crippen LogP contribution in [0.4, 0.5) is 10.8 Å². The Morgan fingerprint density at radius 1 is 1.35 bits per heavy atom. The molecule has 7 heteroatoms. The highest BCUT2D eigenvalue weighted by molar-refractivity contribution is 7.11. The summed E-state index contributed by atoms with van der Waals surface area (Å²) in [6.07, 6.45) is 3.06. The van der Waals surface area contributed by atoms with Crippen LogP contribution in [0.2, 0.25) is 0 Å². The van der Waals surface area contributed by atoms with Gasteiger partial charge in [-0.05, 0) is 31.3 Å². The molecular weight excluding hydrogens is 292 g/mol. The van der Waals surface area contributed by atoms with Crippen molar-refractivity contribution < 1.29 is 4.74 Å². The standard InChI is InChI=1S/C13H16N4OS2/c1-7-15-10(6-19-7)11-12(14)16-20-13(11)17-4-8-2-3-9(5-17)18-8/h6,8-9H,2-5H2,1H3,(H2,14,16). The zero-order valence-electron chi connectivity index (χ0n) is 11.2. The van der Waals surface area contributed by atoms with E-state index in [2.05, 4.69) is 19.6 Å². The maximum atomic E-state index is 6.08. The highest BCUT2D eigenvalue weighted by Gasteiger charge is 2.35. The Labute approximate surface area is 125 Å². The van der Waals surface area contributed by atoms with Crippen LogP contribution in [0.15, 0.2) is 5.38 Å². The summed E-state index contributed by atoms with van der Waals surface area (Å²) in [7, 11) is 0. The van der Waals surface area contributed by atoms with Crippen LogP contribution in [-0.4, -0.2) is 34.7 Å². The van der Waals surface area contributed by atoms with Crippen LogP contribution in [0.1, 0.15) is 17.8 Å². The summed E-state index contributed by atoms with van der Waals surface area (Å²) >= 11 is 3.13. The second kappa shape index (κ2) is 4.68. The van der Waals surface area contributed by atoms with E-state index in [0.29, 0.717) is 18.0 Å². The van der Waals surface area contributed by atoms with E-state index in [1.54, 1.807) is 11.3 Å². The number of nitrogens with two attached hydrogens (primary N) is 1. The summed E-state index contributed by atoms with van der Waals surface area (Å²) in [4.78, 5) is 6.95. The molecule has 0 aromatic carbocycles. The van der Waals surface area contributed by atoms with Crippen LogP contribution in [0, 0.1) is 6.92 Å². The maximum Gasteiger partial charge on any atom is 0.148 e. The van der Waals surface area contributed by atoms with Crippen molar-refractivity contribution in [2.24, 2.45) is 0 Å². The Hall–Kier alpha value is -1.18. The Bertz CT molecular complexity index is 626. The van der Waals surface area contributed by atoms with Crippen molar-refractivity contribution in [1.82, 2.24) is 9.36 Å². The molecule has 4 heterocycles. The smallest absolute Gasteiger partial charge is 0.148 e. The second-order valence-corrected chi connectivity index (χ2v) is 7.18. The predicted molar refractivity (Wildman–Crippen MR) is 82.5 cm³/mol. The lowest BCUT2D eigenvalue weighted by Gasteiger charge is -2.33. The molecular formula is C13H16N4OS2. The molecule has 2 fully saturated rings. The first-order chi connectivity index (χ1) is 9.70. The van der Waals surface area contributed by atoms with Crippen molar-refractivity contribution in [1.29, 1.82) is 0 Å². The number of aryl methyl sites for hydroxylation is 1. The molecule has 2 aliphatic heterocycles. The molecule has 4 rings (SSSR count). The van der Waals surface area contributed by atoms with Gasteiger partial charge in [0.05, 0.1) is 28.5 Å². The van der Waals surface area contributed by atoms with E-state index >= 15 is 0 Å². The molecule has 0 radical (unpaired) electrons. The van der Waals surface area contributed by atoms with Crippen molar-refractivity contribution in [3.63, 3.8) is 0 Å². The first-order valence-corrected chi connectivity index (χ1v) is 8.44. The Balaban J connectivity index is 1.72. The van der Waals surface area contributed by atoms with E-state index in [0.717, 1.165) is 34.4 Å². The zero-order chi connectivity index (χ0) is 13.7. The van der Waals surface area contributed by atoms with Gasteiger partial charge >= 0.3 is 0 Å². The molecule has 106 valence electrons. The lowest BCUT2D eigenvalue weighted by atomic mass is 10.2. The summed E-state index contributed by atoms with van der Waals surface area (Å²) in [6.45, 7) is 3.89. The number of morpholine rings is 1. The van der Waals surface area contributed by atoms with Gasteiger partial charge in [-0.25, -0.2) is 4.98 Å². The average molecular weight is 308 g/mol. The lowest BCUT2D eigenvalue weighted by molar-refractivity contribution is 0.0307. The summed E-state index contributed by atoms with van der Waals surface area (Å²) in [5.41, 5.74) is 8.03. The van der Waals surface area contributed by atoms with Crippen LogP contribution in [-0.2, 0) is 4.74 Å². The van der Waals surface area contributed by atoms with Crippen LogP contribution in [0.25, 0.3) is 11.3 Å². The lowest BCUT2D eigenvalue weighted by Crippen LogP contribution is -2.42. The molecule has 2 aromatic heterocycles. The molecule has 0 aliphatic carbocycles. The molecule has 5 nitrogen and oxygen atoms in total. The molecule has 0 spiro atoms. The van der Waals surface area contributed by atoms with Crippen LogP contribution in [0.3, 0.4) is 0 Å². The minimum atomic E-state index is 0.363. The minimum Gasteiger partial charge on any atom is -0.382 e. The maximum absolute atomic E-state index is 6.08. The topological polar surface area (TPSA) is 64.3 Å². The second-order valence-electron chi connectivity index (χ2n) is 5.36. The molecule has 2 atom stereocenters. The van der Waals surface area contributed by atoms with Crippen molar-refractivity contribution in [3.05, 3.63) is 10.4 Å². The highest BCUT2D eigenvalue weighted by Crippen LogP contribution is 2.41. The van der Waals surface area contributed by atoms with Gasteiger partial charge < -0.3 is 15.4 Å². The van der Waals surface area contributed by atoms with E-state index in [4.69, 9.17) is 10.5 Å². The number of fused-ring (bicyclic) bond motifs is 2. The van der Waals surface area contributed by atoms with Gasteiger partial charge in [0.25, 0.3) is 0 Å². The van der Waals surface area contributed by atoms with E-state index in [9.17, 15) is 0 Å². The van der Waals surface area contributed by atoms with Gasteiger partial charge in [0.15, 0.2) is 0 Å². The van der Waals surface area contributed by atoms with Gasteiger partial charge in [-0.2, -0.15) is 4.37 Å². The molecule has 2 N–H and O–H groups in total. The SMILES string of the molecule is Cc1nc(-c2c(N)nsc2N2CC3CCC(C2)O3)cs1. The van der Waals surface area contributed by atoms with Crippen LogP contribution >= 0.6 is 22.9 Å². The third kappa shape index (κ3) is 2.01. The molecule has 2 bridgehead atoms. The minimum absolute atomic E-state index is 0.363. The summed E-state index contributed by atoms with van der Waals surface area (Å²) < 4.78 is 10.3. The third-order valence-corrected chi connectivity index (χ3v) is 5.60. The Morgan fingerprint density at radius 3 is 2.75 bits per heavy atom. The quantitative estimate of drug-likeness (QED) is 0.923. The fourth-order valence-electron chi connectivity index (χ4n) is 3.01. The van der Waals surface area contributed by atoms with Crippen molar-refractivity contribution in [2.75, 3.05) is 23.7 Å². The first-order valence-electron chi connectivity index (χ1n) is 6.79. The van der Waals surface area contributed by atoms with Crippen molar-refractivity contribution >= 4 is 33.7 Å². The molecule has 2 aliphatic rings. The molecule has 20 heavy (non-hydrogen) atoms. The molecule has 2 saturated heterocycles. The number of thiazole rings is 1. The van der Waals surface area contributed by atoms with E-state index in [1.807, 2.05) is 6.92 Å². The Kier molecular flexibility index (Phi) is 2.94. The molecule has 2 aromatic rings. The van der Waals surface area contributed by atoms with Crippen LogP contribution < -0.4 is 10.6 Å². The van der Waals surface area contributed by atoms with Crippen LogP contribution in [0.5, 0.6) is 0 Å². The summed E-state index contributed by atoms with van der Waals surface area (Å²) in [6, 6.07) is 0. The molecule has 0 saturated carbocycles. The van der Waals surface area contributed by atoms with Gasteiger partial charge in [0, 0.05) is 18.5 Å². The van der Waals surface area contributed by atoms with E-state index in [-0.39, 0.29) is 0 Å². The van der Waals surface area contributed by atoms with Gasteiger partial charge in [-0.3, -0.25) is 0 Å². The van der Waals surface area contributed by atoms with Gasteiger partial charge in [0.2, 0.25) is 0 Å². The number of nitrogens with zero attached hydrogens (tertiary/aromatic N) is 3. The predicted octanol–water partition coefficient (Wildman–Crippen LogP) is 2.52. The van der Waals surface area contributed by atoms with E-state index in [1.165, 1.54) is 24.4 Å². The number of rotatable bonds is 2. The normalized spacial score (nSPS) is 25.4. The molecule has 2 unspecified atom stereocenters. The van der Waals surface area contributed by atoms with Gasteiger partial charge in [-0.1, -0.05) is 0 Å². The monoisotopic (exact) mass is 308 g/mol. The van der Waals surface area contributed by atoms with Gasteiger partial charge in [0.1, 0.15) is 10.8 Å². The van der Waals surface area contributed by atoms with Gasteiger partial charge in [-0.15, -0.1) is 11.3 Å². The summed E-state index contributed by atoms with van der Waals surface area (Å²) in [5.74, 6) is 0.592. The fraction of sp³-hybridized carbons (Fsp3) is 0.538. The number of ether oxygens (including phenoxy) is 1. The summed E-state index contributed by atoms with van der Waals surface area (Å²) in [5, 5.41) is 4.26. The van der Waals surface area contributed by atoms with E-state index < -0.39 is 0 Å². The highest BCUT2D eigenvalue weighted by atomic mass is 32.1. The average Bonchev–Trinajstić information content (AvgIpc) is 3.10. The number of aromatic nitrogens is 2. The number of nitrogen functional groups attached to an aromatic ring is 1. The Morgan fingerprint density at radius 2 is 2.10 bits per heavy atom. The third-order valence-electron chi connectivity index (χ3n) is 3.91. The fourth-order valence-corrected chi connectivity index (χ4v) is 4.45. The zero-order valence-corrected chi connectivity index (χ0v) is 12.8. The molecule has 0 amide bonds. The van der Waals surface area contributed by atoms with Crippen molar-refractivity contribution in [3.8, 4) is 11.3 Å². The van der Waals surface area contributed by atoms with Crippen molar-refractivity contribution in [2.45, 2.75) is 32.0 Å². The first kappa shape index (κ1) is 12.6. The number of anilines is 2. The number of hydrogen-bond acceptors (Lipinski definition) is 7.